The molecule has 1 aromatic heterocycles. The van der Waals surface area contributed by atoms with E-state index in [0.717, 1.165) is 5.56 Å². The first-order valence-corrected chi connectivity index (χ1v) is 9.17. The van der Waals surface area contributed by atoms with Crippen LogP contribution in [-0.2, 0) is 21.2 Å². The molecule has 2 saturated heterocycles. The van der Waals surface area contributed by atoms with Gasteiger partial charge in [0, 0.05) is 50.6 Å². The van der Waals surface area contributed by atoms with Crippen LogP contribution < -0.4 is 0 Å². The van der Waals surface area contributed by atoms with Crippen molar-refractivity contribution in [3.05, 3.63) is 23.8 Å². The molecule has 0 radical (unpaired) electrons. The predicted octanol–water partition coefficient (Wildman–Crippen LogP) is -0.385. The third kappa shape index (κ3) is 2.98. The van der Waals surface area contributed by atoms with Crippen LogP contribution in [0, 0.1) is 6.92 Å². The van der Waals surface area contributed by atoms with Gasteiger partial charge >= 0.3 is 0 Å². The van der Waals surface area contributed by atoms with Crippen LogP contribution in [0.5, 0.6) is 0 Å². The highest BCUT2D eigenvalue weighted by atomic mass is 32.2. The maximum Gasteiger partial charge on any atom is 0.219 e. The molecule has 2 aliphatic heterocycles. The van der Waals surface area contributed by atoms with E-state index >= 15 is 0 Å². The third-order valence-corrected chi connectivity index (χ3v) is 6.11. The van der Waals surface area contributed by atoms with Crippen LogP contribution in [0.25, 0.3) is 0 Å². The van der Waals surface area contributed by atoms with Gasteiger partial charge in [-0.1, -0.05) is 0 Å². The Morgan fingerprint density at radius 3 is 2.50 bits per heavy atom. The first-order valence-electron chi connectivity index (χ1n) is 7.35. The number of sulfone groups is 1. The topological polar surface area (TPSA) is 83.5 Å². The van der Waals surface area contributed by atoms with E-state index in [1.807, 2.05) is 6.92 Å². The SMILES string of the molecule is CC(=O)N1CCN(Cc2cnc(C)nc2)[C@H]2CS(=O)(=O)C[C@H]21. The first-order chi connectivity index (χ1) is 10.4. The lowest BCUT2D eigenvalue weighted by atomic mass is 10.0. The maximum absolute atomic E-state index is 12.0. The standard InChI is InChI=1S/C14H20N4O3S/c1-10-15-5-12(6-16-10)7-17-3-4-18(11(2)19)14-9-22(20,21)8-13(14)17/h5-6,13-14H,3-4,7-9H2,1-2H3/t13-,14+/m0/s1. The van der Waals surface area contributed by atoms with Crippen molar-refractivity contribution in [1.29, 1.82) is 0 Å². The van der Waals surface area contributed by atoms with Gasteiger partial charge in [-0.15, -0.1) is 0 Å². The Morgan fingerprint density at radius 1 is 1.23 bits per heavy atom. The van der Waals surface area contributed by atoms with Crippen molar-refractivity contribution in [3.63, 3.8) is 0 Å². The molecule has 0 unspecified atom stereocenters. The van der Waals surface area contributed by atoms with Crippen LogP contribution in [0.3, 0.4) is 0 Å². The molecule has 0 bridgehead atoms. The molecule has 1 amide bonds. The van der Waals surface area contributed by atoms with Gasteiger partial charge in [0.1, 0.15) is 5.82 Å². The second-order valence-electron chi connectivity index (χ2n) is 6.03. The Morgan fingerprint density at radius 2 is 1.86 bits per heavy atom. The van der Waals surface area contributed by atoms with Crippen molar-refractivity contribution in [2.24, 2.45) is 0 Å². The van der Waals surface area contributed by atoms with Crippen molar-refractivity contribution in [2.75, 3.05) is 24.6 Å². The summed E-state index contributed by atoms with van der Waals surface area (Å²) in [6.07, 6.45) is 3.55. The summed E-state index contributed by atoms with van der Waals surface area (Å²) in [7, 11) is -3.09. The average molecular weight is 324 g/mol. The molecular formula is C14H20N4O3S. The minimum absolute atomic E-state index is 0.0505. The fraction of sp³-hybridized carbons (Fsp3) is 0.643. The van der Waals surface area contributed by atoms with E-state index in [9.17, 15) is 13.2 Å². The number of amides is 1. The van der Waals surface area contributed by atoms with Crippen molar-refractivity contribution in [3.8, 4) is 0 Å². The number of carbonyl (C=O) groups is 1. The molecule has 1 aromatic rings. The molecule has 2 aliphatic rings. The van der Waals surface area contributed by atoms with Gasteiger partial charge in [-0.25, -0.2) is 18.4 Å². The lowest BCUT2D eigenvalue weighted by Crippen LogP contribution is -2.59. The second kappa shape index (κ2) is 5.58. The fourth-order valence-electron chi connectivity index (χ4n) is 3.35. The van der Waals surface area contributed by atoms with Gasteiger partial charge in [0.05, 0.1) is 17.5 Å². The van der Waals surface area contributed by atoms with Gasteiger partial charge in [-0.3, -0.25) is 9.69 Å². The molecule has 0 saturated carbocycles. The number of hydrogen-bond donors (Lipinski definition) is 0. The van der Waals surface area contributed by atoms with E-state index in [4.69, 9.17) is 0 Å². The summed E-state index contributed by atoms with van der Waals surface area (Å²) in [5.74, 6) is 0.851. The summed E-state index contributed by atoms with van der Waals surface area (Å²) in [5.41, 5.74) is 0.963. The first kappa shape index (κ1) is 15.4. The molecule has 2 atom stereocenters. The normalized spacial score (nSPS) is 27.6. The Labute approximate surface area is 130 Å². The van der Waals surface area contributed by atoms with Crippen molar-refractivity contribution in [2.45, 2.75) is 32.5 Å². The Hall–Kier alpha value is -1.54. The van der Waals surface area contributed by atoms with Crippen molar-refractivity contribution < 1.29 is 13.2 Å². The highest BCUT2D eigenvalue weighted by Crippen LogP contribution is 2.28. The molecule has 22 heavy (non-hydrogen) atoms. The van der Waals surface area contributed by atoms with Crippen molar-refractivity contribution in [1.82, 2.24) is 19.8 Å². The number of carbonyl (C=O) groups excluding carboxylic acids is 1. The molecule has 3 heterocycles. The summed E-state index contributed by atoms with van der Waals surface area (Å²) in [6, 6.07) is -0.369. The van der Waals surface area contributed by atoms with Crippen LogP contribution in [0.2, 0.25) is 0 Å². The van der Waals surface area contributed by atoms with Crippen LogP contribution >= 0.6 is 0 Å². The molecule has 0 spiro atoms. The van der Waals surface area contributed by atoms with Gasteiger partial charge in [-0.2, -0.15) is 0 Å². The van der Waals surface area contributed by atoms with E-state index in [0.29, 0.717) is 25.5 Å². The molecule has 0 aromatic carbocycles. The van der Waals surface area contributed by atoms with Crippen LogP contribution in [-0.4, -0.2) is 70.8 Å². The molecular weight excluding hydrogens is 304 g/mol. The van der Waals surface area contributed by atoms with E-state index in [2.05, 4.69) is 14.9 Å². The van der Waals surface area contributed by atoms with Crippen LogP contribution in [0.15, 0.2) is 12.4 Å². The largest absolute Gasteiger partial charge is 0.336 e. The molecule has 7 nitrogen and oxygen atoms in total. The molecule has 120 valence electrons. The fourth-order valence-corrected chi connectivity index (χ4v) is 5.36. The lowest BCUT2D eigenvalue weighted by Gasteiger charge is -2.43. The van der Waals surface area contributed by atoms with E-state index in [1.165, 1.54) is 6.92 Å². The number of rotatable bonds is 2. The lowest BCUT2D eigenvalue weighted by molar-refractivity contribution is -0.134. The summed E-state index contributed by atoms with van der Waals surface area (Å²) >= 11 is 0. The zero-order valence-corrected chi connectivity index (χ0v) is 13.6. The van der Waals surface area contributed by atoms with Crippen molar-refractivity contribution >= 4 is 15.7 Å². The quantitative estimate of drug-likeness (QED) is 0.737. The molecule has 8 heteroatoms. The Bertz CT molecular complexity index is 674. The van der Waals surface area contributed by atoms with Crippen LogP contribution in [0.1, 0.15) is 18.3 Å². The molecule has 3 rings (SSSR count). The van der Waals surface area contributed by atoms with E-state index in [1.54, 1.807) is 17.3 Å². The number of nitrogens with zero attached hydrogens (tertiary/aromatic N) is 4. The van der Waals surface area contributed by atoms with Crippen LogP contribution in [0.4, 0.5) is 0 Å². The monoisotopic (exact) mass is 324 g/mol. The minimum atomic E-state index is -3.09. The number of aromatic nitrogens is 2. The number of aryl methyl sites for hydroxylation is 1. The average Bonchev–Trinajstić information content (AvgIpc) is 2.76. The Kier molecular flexibility index (Phi) is 3.90. The van der Waals surface area contributed by atoms with Gasteiger partial charge in [0.25, 0.3) is 0 Å². The van der Waals surface area contributed by atoms with Gasteiger partial charge in [0.15, 0.2) is 9.84 Å². The zero-order chi connectivity index (χ0) is 15.9. The number of hydrogen-bond acceptors (Lipinski definition) is 6. The molecule has 2 fully saturated rings. The third-order valence-electron chi connectivity index (χ3n) is 4.42. The smallest absolute Gasteiger partial charge is 0.219 e. The summed E-state index contributed by atoms with van der Waals surface area (Å²) in [5, 5.41) is 0. The van der Waals surface area contributed by atoms with Gasteiger partial charge in [0.2, 0.25) is 5.91 Å². The van der Waals surface area contributed by atoms with Gasteiger partial charge < -0.3 is 4.90 Å². The van der Waals surface area contributed by atoms with E-state index < -0.39 is 9.84 Å². The number of fused-ring (bicyclic) bond motifs is 1. The van der Waals surface area contributed by atoms with Gasteiger partial charge in [-0.05, 0) is 6.92 Å². The van der Waals surface area contributed by atoms with E-state index in [-0.39, 0.29) is 29.5 Å². The predicted molar refractivity (Wildman–Crippen MR) is 80.8 cm³/mol. The maximum atomic E-state index is 12.0. The second-order valence-corrected chi connectivity index (χ2v) is 8.19. The zero-order valence-electron chi connectivity index (χ0n) is 12.8. The Balaban J connectivity index is 1.81. The highest BCUT2D eigenvalue weighted by Gasteiger charge is 2.47. The summed E-state index contributed by atoms with van der Waals surface area (Å²) < 4.78 is 24.0. The minimum Gasteiger partial charge on any atom is -0.336 e. The highest BCUT2D eigenvalue weighted by molar-refractivity contribution is 7.91. The molecule has 0 aliphatic carbocycles. The molecule has 0 N–H and O–H groups in total. The number of piperazine rings is 1. The summed E-state index contributed by atoms with van der Waals surface area (Å²) in [6.45, 7) is 5.19. The summed E-state index contributed by atoms with van der Waals surface area (Å²) in [4.78, 5) is 24.0.